The second-order valence-electron chi connectivity index (χ2n) is 6.24. The third-order valence-corrected chi connectivity index (χ3v) is 4.43. The summed E-state index contributed by atoms with van der Waals surface area (Å²) in [6, 6.07) is 11.7. The highest BCUT2D eigenvalue weighted by atomic mass is 16.3. The lowest BCUT2D eigenvalue weighted by molar-refractivity contribution is -0.123. The van der Waals surface area contributed by atoms with Crippen molar-refractivity contribution in [3.8, 4) is 17.7 Å². The van der Waals surface area contributed by atoms with Crippen molar-refractivity contribution in [2.75, 3.05) is 0 Å². The van der Waals surface area contributed by atoms with Crippen LogP contribution in [0.3, 0.4) is 0 Å². The average molecular weight is 336 g/mol. The number of benzene rings is 1. The van der Waals surface area contributed by atoms with Crippen LogP contribution in [0.4, 0.5) is 0 Å². The van der Waals surface area contributed by atoms with Crippen LogP contribution in [0.25, 0.3) is 22.6 Å². The van der Waals surface area contributed by atoms with Gasteiger partial charge in [0, 0.05) is 5.39 Å². The summed E-state index contributed by atoms with van der Waals surface area (Å²) in [5.41, 5.74) is -0.0111. The van der Waals surface area contributed by atoms with Gasteiger partial charge in [0.05, 0.1) is 6.07 Å². The van der Waals surface area contributed by atoms with Crippen molar-refractivity contribution < 1.29 is 9.21 Å². The molecule has 4 rings (SSSR count). The Morgan fingerprint density at radius 1 is 1.36 bits per heavy atom. The third-order valence-electron chi connectivity index (χ3n) is 4.43. The van der Waals surface area contributed by atoms with E-state index >= 15 is 0 Å². The Hall–Kier alpha value is -3.21. The molecule has 1 aliphatic carbocycles. The number of aromatic nitrogens is 4. The normalized spacial score (nSPS) is 16.0. The molecule has 1 amide bonds. The second kappa shape index (κ2) is 6.02. The summed E-state index contributed by atoms with van der Waals surface area (Å²) in [6.45, 7) is -0.0866. The molecule has 126 valence electrons. The summed E-state index contributed by atoms with van der Waals surface area (Å²) in [6.07, 6.45) is 3.27. The topological polar surface area (TPSA) is 110 Å². The van der Waals surface area contributed by atoms with Gasteiger partial charge in [-0.15, -0.1) is 10.2 Å². The largest absolute Gasteiger partial charge is 0.453 e. The number of tetrazole rings is 1. The number of nitriles is 1. The smallest absolute Gasteiger partial charge is 0.244 e. The van der Waals surface area contributed by atoms with Crippen LogP contribution in [0.1, 0.15) is 25.7 Å². The van der Waals surface area contributed by atoms with Crippen LogP contribution in [-0.4, -0.2) is 31.7 Å². The predicted octanol–water partition coefficient (Wildman–Crippen LogP) is 2.04. The van der Waals surface area contributed by atoms with Crippen LogP contribution in [0, 0.1) is 11.3 Å². The molecule has 1 saturated carbocycles. The number of carbonyl (C=O) groups excluding carboxylic acids is 1. The van der Waals surface area contributed by atoms with Crippen LogP contribution in [0.5, 0.6) is 0 Å². The van der Waals surface area contributed by atoms with Crippen molar-refractivity contribution >= 4 is 16.9 Å². The number of nitrogens with zero attached hydrogens (tertiary/aromatic N) is 5. The van der Waals surface area contributed by atoms with E-state index in [1.54, 1.807) is 0 Å². The van der Waals surface area contributed by atoms with Gasteiger partial charge in [0.1, 0.15) is 17.7 Å². The Morgan fingerprint density at radius 3 is 2.92 bits per heavy atom. The maximum atomic E-state index is 12.2. The van der Waals surface area contributed by atoms with E-state index < -0.39 is 5.54 Å². The Kier molecular flexibility index (Phi) is 3.69. The fourth-order valence-electron chi connectivity index (χ4n) is 3.18. The first kappa shape index (κ1) is 15.3. The third kappa shape index (κ3) is 2.96. The molecule has 2 heterocycles. The molecule has 25 heavy (non-hydrogen) atoms. The summed E-state index contributed by atoms with van der Waals surface area (Å²) in [7, 11) is 0. The molecular weight excluding hydrogens is 320 g/mol. The SMILES string of the molecule is N#CC1(NC(=O)Cn2nnc(-c3cc4ccccc4o3)n2)CCCC1. The van der Waals surface area contributed by atoms with Gasteiger partial charge in [-0.1, -0.05) is 18.2 Å². The summed E-state index contributed by atoms with van der Waals surface area (Å²) >= 11 is 0. The number of fused-ring (bicyclic) bond motifs is 1. The number of hydrogen-bond donors (Lipinski definition) is 1. The minimum atomic E-state index is -0.751. The van der Waals surface area contributed by atoms with Gasteiger partial charge in [0.25, 0.3) is 0 Å². The average Bonchev–Trinajstić information content (AvgIpc) is 3.33. The maximum absolute atomic E-state index is 12.2. The summed E-state index contributed by atoms with van der Waals surface area (Å²) in [5, 5.41) is 25.1. The van der Waals surface area contributed by atoms with E-state index in [2.05, 4.69) is 26.8 Å². The molecule has 1 N–H and O–H groups in total. The molecule has 3 aromatic rings. The zero-order valence-corrected chi connectivity index (χ0v) is 13.5. The van der Waals surface area contributed by atoms with E-state index in [1.165, 1.54) is 4.80 Å². The molecule has 0 aliphatic heterocycles. The van der Waals surface area contributed by atoms with Crippen molar-refractivity contribution in [2.45, 2.75) is 37.8 Å². The van der Waals surface area contributed by atoms with Crippen molar-refractivity contribution in [3.63, 3.8) is 0 Å². The first-order chi connectivity index (χ1) is 12.2. The molecule has 0 atom stereocenters. The quantitative estimate of drug-likeness (QED) is 0.780. The minimum absolute atomic E-state index is 0.0866. The summed E-state index contributed by atoms with van der Waals surface area (Å²) < 4.78 is 5.69. The van der Waals surface area contributed by atoms with Gasteiger partial charge in [-0.05, 0) is 43.0 Å². The van der Waals surface area contributed by atoms with Crippen molar-refractivity contribution in [1.29, 1.82) is 5.26 Å². The standard InChI is InChI=1S/C17H16N6O2/c18-11-17(7-3-4-8-17)19-15(24)10-23-21-16(20-22-23)14-9-12-5-1-2-6-13(12)25-14/h1-2,5-6,9H,3-4,7-8,10H2,(H,19,24). The van der Waals surface area contributed by atoms with Gasteiger partial charge in [-0.2, -0.15) is 10.1 Å². The molecule has 0 radical (unpaired) electrons. The number of nitrogens with one attached hydrogen (secondary N) is 1. The molecule has 0 saturated heterocycles. The number of carbonyl (C=O) groups is 1. The Morgan fingerprint density at radius 2 is 2.16 bits per heavy atom. The highest BCUT2D eigenvalue weighted by Gasteiger charge is 2.35. The van der Waals surface area contributed by atoms with Gasteiger partial charge < -0.3 is 9.73 Å². The molecule has 1 fully saturated rings. The van der Waals surface area contributed by atoms with E-state index in [0.29, 0.717) is 24.4 Å². The molecule has 0 bridgehead atoms. The number of rotatable bonds is 4. The molecule has 8 nitrogen and oxygen atoms in total. The van der Waals surface area contributed by atoms with Gasteiger partial charge in [0.15, 0.2) is 5.76 Å². The van der Waals surface area contributed by atoms with Crippen LogP contribution in [-0.2, 0) is 11.3 Å². The van der Waals surface area contributed by atoms with Gasteiger partial charge in [0.2, 0.25) is 11.7 Å². The molecule has 1 aromatic carbocycles. The lowest BCUT2D eigenvalue weighted by atomic mass is 10.00. The maximum Gasteiger partial charge on any atom is 0.244 e. The number of para-hydroxylation sites is 1. The van der Waals surface area contributed by atoms with Crippen LogP contribution in [0.2, 0.25) is 0 Å². The fraction of sp³-hybridized carbons (Fsp3) is 0.353. The van der Waals surface area contributed by atoms with Gasteiger partial charge in [-0.25, -0.2) is 0 Å². The first-order valence-corrected chi connectivity index (χ1v) is 8.16. The van der Waals surface area contributed by atoms with Crippen molar-refractivity contribution in [2.24, 2.45) is 0 Å². The Bertz CT molecular complexity index is 928. The Balaban J connectivity index is 1.48. The summed E-state index contributed by atoms with van der Waals surface area (Å²) in [4.78, 5) is 13.4. The molecular formula is C17H16N6O2. The van der Waals surface area contributed by atoms with Crippen molar-refractivity contribution in [1.82, 2.24) is 25.5 Å². The molecule has 1 aliphatic rings. The van der Waals surface area contributed by atoms with Crippen LogP contribution in [0.15, 0.2) is 34.7 Å². The lowest BCUT2D eigenvalue weighted by Gasteiger charge is -2.21. The van der Waals surface area contributed by atoms with E-state index in [1.807, 2.05) is 30.3 Å². The zero-order valence-electron chi connectivity index (χ0n) is 13.5. The second-order valence-corrected chi connectivity index (χ2v) is 6.24. The van der Waals surface area contributed by atoms with Crippen LogP contribution < -0.4 is 5.32 Å². The number of furan rings is 1. The highest BCUT2D eigenvalue weighted by molar-refractivity contribution is 5.81. The highest BCUT2D eigenvalue weighted by Crippen LogP contribution is 2.29. The van der Waals surface area contributed by atoms with Crippen molar-refractivity contribution in [3.05, 3.63) is 30.3 Å². The minimum Gasteiger partial charge on any atom is -0.453 e. The number of amides is 1. The zero-order chi connectivity index (χ0) is 17.3. The molecule has 0 spiro atoms. The molecule has 0 unspecified atom stereocenters. The van der Waals surface area contributed by atoms with E-state index in [9.17, 15) is 10.1 Å². The summed E-state index contributed by atoms with van der Waals surface area (Å²) in [5.74, 6) is 0.522. The van der Waals surface area contributed by atoms with E-state index in [-0.39, 0.29) is 12.5 Å². The lowest BCUT2D eigenvalue weighted by Crippen LogP contribution is -2.46. The predicted molar refractivity (Wildman–Crippen MR) is 88.0 cm³/mol. The molecule has 2 aromatic heterocycles. The first-order valence-electron chi connectivity index (χ1n) is 8.16. The van der Waals surface area contributed by atoms with Crippen LogP contribution >= 0.6 is 0 Å². The monoisotopic (exact) mass is 336 g/mol. The fourth-order valence-corrected chi connectivity index (χ4v) is 3.18. The molecule has 8 heteroatoms. The van der Waals surface area contributed by atoms with Gasteiger partial charge in [-0.3, -0.25) is 4.79 Å². The number of hydrogen-bond acceptors (Lipinski definition) is 6. The van der Waals surface area contributed by atoms with E-state index in [0.717, 1.165) is 23.8 Å². The van der Waals surface area contributed by atoms with E-state index in [4.69, 9.17) is 4.42 Å². The Labute approximate surface area is 143 Å². The van der Waals surface area contributed by atoms with Gasteiger partial charge >= 0.3 is 0 Å².